The van der Waals surface area contributed by atoms with Crippen molar-refractivity contribution in [2.75, 3.05) is 26.3 Å². The van der Waals surface area contributed by atoms with E-state index in [0.717, 1.165) is 19.5 Å². The monoisotopic (exact) mass is 233 g/mol. The molecule has 3 heteroatoms. The Morgan fingerprint density at radius 2 is 1.94 bits per heavy atom. The van der Waals surface area contributed by atoms with E-state index in [4.69, 9.17) is 4.74 Å². The van der Waals surface area contributed by atoms with Crippen LogP contribution in [0.4, 0.5) is 0 Å². The van der Waals surface area contributed by atoms with E-state index >= 15 is 0 Å². The maximum atomic E-state index is 12.2. The fraction of sp³-hybridized carbons (Fsp3) is 0.500. The predicted octanol–water partition coefficient (Wildman–Crippen LogP) is 1.72. The number of rotatable bonds is 3. The summed E-state index contributed by atoms with van der Waals surface area (Å²) in [4.78, 5) is 14.1. The molecule has 0 spiro atoms. The van der Waals surface area contributed by atoms with Crippen LogP contribution in [-0.4, -0.2) is 37.1 Å². The lowest BCUT2D eigenvalue weighted by atomic mass is 10.00. The van der Waals surface area contributed by atoms with Gasteiger partial charge in [-0.05, 0) is 12.0 Å². The molecule has 1 fully saturated rings. The summed E-state index contributed by atoms with van der Waals surface area (Å²) in [7, 11) is 0. The minimum Gasteiger partial charge on any atom is -0.378 e. The third kappa shape index (κ3) is 3.30. The van der Waals surface area contributed by atoms with Crippen molar-refractivity contribution in [2.45, 2.75) is 13.3 Å². The quantitative estimate of drug-likeness (QED) is 0.795. The highest BCUT2D eigenvalue weighted by Crippen LogP contribution is 2.12. The second-order valence-electron chi connectivity index (χ2n) is 4.53. The number of morpholine rings is 1. The smallest absolute Gasteiger partial charge is 0.225 e. The number of carbonyl (C=O) groups is 1. The summed E-state index contributed by atoms with van der Waals surface area (Å²) in [5, 5.41) is 0. The molecule has 1 amide bonds. The molecule has 0 aliphatic carbocycles. The third-order valence-electron chi connectivity index (χ3n) is 3.13. The molecular weight excluding hydrogens is 214 g/mol. The van der Waals surface area contributed by atoms with Crippen LogP contribution in [0.15, 0.2) is 30.3 Å². The summed E-state index contributed by atoms with van der Waals surface area (Å²) < 4.78 is 5.25. The largest absolute Gasteiger partial charge is 0.378 e. The van der Waals surface area contributed by atoms with Crippen molar-refractivity contribution in [3.05, 3.63) is 35.9 Å². The number of hydrogen-bond acceptors (Lipinski definition) is 2. The Bertz CT molecular complexity index is 358. The summed E-state index contributed by atoms with van der Waals surface area (Å²) in [6.45, 7) is 4.81. The van der Waals surface area contributed by atoms with Crippen LogP contribution in [0.3, 0.4) is 0 Å². The van der Waals surface area contributed by atoms with Crippen LogP contribution in [0.1, 0.15) is 12.5 Å². The van der Waals surface area contributed by atoms with Gasteiger partial charge in [-0.15, -0.1) is 0 Å². The molecule has 92 valence electrons. The molecule has 1 aliphatic rings. The normalized spacial score (nSPS) is 17.8. The number of carbonyl (C=O) groups excluding carboxylic acids is 1. The Hall–Kier alpha value is -1.35. The molecule has 1 heterocycles. The van der Waals surface area contributed by atoms with Crippen molar-refractivity contribution in [3.63, 3.8) is 0 Å². The van der Waals surface area contributed by atoms with Crippen LogP contribution < -0.4 is 0 Å². The molecule has 0 saturated carbocycles. The summed E-state index contributed by atoms with van der Waals surface area (Å²) in [5.41, 5.74) is 1.22. The fourth-order valence-electron chi connectivity index (χ4n) is 2.15. The first-order valence-corrected chi connectivity index (χ1v) is 6.18. The maximum absolute atomic E-state index is 12.2. The Balaban J connectivity index is 1.90. The minimum atomic E-state index is 0.0514. The van der Waals surface area contributed by atoms with Gasteiger partial charge >= 0.3 is 0 Å². The first kappa shape index (κ1) is 12.1. The molecule has 1 saturated heterocycles. The average molecular weight is 233 g/mol. The van der Waals surface area contributed by atoms with Crippen molar-refractivity contribution in [1.82, 2.24) is 4.90 Å². The van der Waals surface area contributed by atoms with Gasteiger partial charge in [0.05, 0.1) is 13.2 Å². The number of amides is 1. The van der Waals surface area contributed by atoms with Gasteiger partial charge in [0.15, 0.2) is 0 Å². The zero-order valence-electron chi connectivity index (χ0n) is 10.3. The van der Waals surface area contributed by atoms with Crippen LogP contribution in [0.25, 0.3) is 0 Å². The lowest BCUT2D eigenvalue weighted by molar-refractivity contribution is -0.139. The fourth-order valence-corrected chi connectivity index (χ4v) is 2.15. The molecule has 17 heavy (non-hydrogen) atoms. The number of benzene rings is 1. The maximum Gasteiger partial charge on any atom is 0.225 e. The molecule has 1 aromatic rings. The van der Waals surface area contributed by atoms with Crippen LogP contribution in [0, 0.1) is 5.92 Å². The molecule has 0 N–H and O–H groups in total. The zero-order valence-corrected chi connectivity index (χ0v) is 10.3. The first-order chi connectivity index (χ1) is 8.27. The second kappa shape index (κ2) is 5.82. The third-order valence-corrected chi connectivity index (χ3v) is 3.13. The van der Waals surface area contributed by atoms with Gasteiger partial charge in [-0.2, -0.15) is 0 Å². The molecule has 3 nitrogen and oxygen atoms in total. The van der Waals surface area contributed by atoms with E-state index in [1.54, 1.807) is 0 Å². The second-order valence-corrected chi connectivity index (χ2v) is 4.53. The average Bonchev–Trinajstić information content (AvgIpc) is 2.40. The van der Waals surface area contributed by atoms with Gasteiger partial charge < -0.3 is 9.64 Å². The van der Waals surface area contributed by atoms with Crippen molar-refractivity contribution < 1.29 is 9.53 Å². The molecule has 1 atom stereocenters. The van der Waals surface area contributed by atoms with Crippen molar-refractivity contribution >= 4 is 5.91 Å². The van der Waals surface area contributed by atoms with E-state index in [0.29, 0.717) is 13.2 Å². The molecule has 1 aromatic carbocycles. The SMILES string of the molecule is CC(Cc1ccccc1)C(=O)N1CCOCC1. The standard InChI is InChI=1S/C14H19NO2/c1-12(11-13-5-3-2-4-6-13)14(16)15-7-9-17-10-8-15/h2-6,12H,7-11H2,1H3. The molecule has 0 radical (unpaired) electrons. The van der Waals surface area contributed by atoms with Crippen molar-refractivity contribution in [1.29, 1.82) is 0 Å². The minimum absolute atomic E-state index is 0.0514. The van der Waals surface area contributed by atoms with Gasteiger partial charge in [-0.1, -0.05) is 37.3 Å². The van der Waals surface area contributed by atoms with Crippen molar-refractivity contribution in [2.24, 2.45) is 5.92 Å². The molecule has 0 aromatic heterocycles. The van der Waals surface area contributed by atoms with Crippen LogP contribution in [0.2, 0.25) is 0 Å². The Labute approximate surface area is 102 Å². The van der Waals surface area contributed by atoms with E-state index in [1.165, 1.54) is 5.56 Å². The highest BCUT2D eigenvalue weighted by molar-refractivity contribution is 5.78. The molecule has 0 bridgehead atoms. The lowest BCUT2D eigenvalue weighted by Gasteiger charge is -2.29. The van der Waals surface area contributed by atoms with Gasteiger partial charge in [0.1, 0.15) is 0 Å². The molecular formula is C14H19NO2. The van der Waals surface area contributed by atoms with Gasteiger partial charge in [-0.3, -0.25) is 4.79 Å². The van der Waals surface area contributed by atoms with Crippen molar-refractivity contribution in [3.8, 4) is 0 Å². The first-order valence-electron chi connectivity index (χ1n) is 6.18. The highest BCUT2D eigenvalue weighted by atomic mass is 16.5. The van der Waals surface area contributed by atoms with Crippen LogP contribution in [-0.2, 0) is 16.0 Å². The van der Waals surface area contributed by atoms with E-state index in [-0.39, 0.29) is 11.8 Å². The predicted molar refractivity (Wildman–Crippen MR) is 66.7 cm³/mol. The topological polar surface area (TPSA) is 29.5 Å². The summed E-state index contributed by atoms with van der Waals surface area (Å²) in [5.74, 6) is 0.299. The van der Waals surface area contributed by atoms with Gasteiger partial charge in [0.2, 0.25) is 5.91 Å². The molecule has 2 rings (SSSR count). The summed E-state index contributed by atoms with van der Waals surface area (Å²) in [6.07, 6.45) is 0.816. The number of ether oxygens (including phenoxy) is 1. The Morgan fingerprint density at radius 3 is 2.59 bits per heavy atom. The Kier molecular flexibility index (Phi) is 4.15. The van der Waals surface area contributed by atoms with Crippen LogP contribution in [0.5, 0.6) is 0 Å². The Morgan fingerprint density at radius 1 is 1.29 bits per heavy atom. The summed E-state index contributed by atoms with van der Waals surface area (Å²) in [6, 6.07) is 10.2. The van der Waals surface area contributed by atoms with Gasteiger partial charge in [-0.25, -0.2) is 0 Å². The molecule has 1 aliphatic heterocycles. The van der Waals surface area contributed by atoms with Crippen LogP contribution >= 0.6 is 0 Å². The zero-order chi connectivity index (χ0) is 12.1. The van der Waals surface area contributed by atoms with E-state index in [2.05, 4.69) is 12.1 Å². The lowest BCUT2D eigenvalue weighted by Crippen LogP contribution is -2.43. The van der Waals surface area contributed by atoms with Gasteiger partial charge in [0.25, 0.3) is 0 Å². The number of nitrogens with zero attached hydrogens (tertiary/aromatic N) is 1. The van der Waals surface area contributed by atoms with E-state index in [9.17, 15) is 4.79 Å². The van der Waals surface area contributed by atoms with E-state index < -0.39 is 0 Å². The number of hydrogen-bond donors (Lipinski definition) is 0. The summed E-state index contributed by atoms with van der Waals surface area (Å²) >= 11 is 0. The highest BCUT2D eigenvalue weighted by Gasteiger charge is 2.22. The van der Waals surface area contributed by atoms with Gasteiger partial charge in [0, 0.05) is 19.0 Å². The molecule has 1 unspecified atom stereocenters. The van der Waals surface area contributed by atoms with E-state index in [1.807, 2.05) is 30.0 Å².